The van der Waals surface area contributed by atoms with Crippen LogP contribution in [0.2, 0.25) is 0 Å². The van der Waals surface area contributed by atoms with Gasteiger partial charge in [0.2, 0.25) is 0 Å². The first-order valence-corrected chi connectivity index (χ1v) is 6.23. The van der Waals surface area contributed by atoms with Crippen LogP contribution in [0.15, 0.2) is 24.4 Å². The average Bonchev–Trinajstić information content (AvgIpc) is 2.75. The zero-order valence-electron chi connectivity index (χ0n) is 11.4. The molecule has 0 aliphatic carbocycles. The van der Waals surface area contributed by atoms with E-state index in [0.717, 1.165) is 22.6 Å². The van der Waals surface area contributed by atoms with Crippen molar-refractivity contribution in [2.75, 3.05) is 0 Å². The molecule has 0 fully saturated rings. The molecule has 4 nitrogen and oxygen atoms in total. The summed E-state index contributed by atoms with van der Waals surface area (Å²) in [6.07, 6.45) is 1.80. The summed E-state index contributed by atoms with van der Waals surface area (Å²) in [4.78, 5) is 4.38. The van der Waals surface area contributed by atoms with Gasteiger partial charge in [0.1, 0.15) is 0 Å². The third kappa shape index (κ3) is 2.43. The van der Waals surface area contributed by atoms with Crippen molar-refractivity contribution in [2.24, 2.45) is 5.73 Å². The molecule has 0 aliphatic rings. The Labute approximate surface area is 108 Å². The number of nitrogens with two attached hydrogens (primary N) is 1. The normalized spacial score (nSPS) is 13.0. The minimum atomic E-state index is -0.157. The largest absolute Gasteiger partial charge is 0.319 e. The van der Waals surface area contributed by atoms with Crippen LogP contribution < -0.4 is 5.73 Å². The second-order valence-corrected chi connectivity index (χ2v) is 4.96. The zero-order valence-corrected chi connectivity index (χ0v) is 11.4. The molecular formula is C14H20N4. The van der Waals surface area contributed by atoms with Gasteiger partial charge in [-0.05, 0) is 51.5 Å². The van der Waals surface area contributed by atoms with Gasteiger partial charge < -0.3 is 5.73 Å². The van der Waals surface area contributed by atoms with Gasteiger partial charge in [0.15, 0.2) is 0 Å². The molecule has 0 bridgehead atoms. The van der Waals surface area contributed by atoms with Crippen molar-refractivity contribution in [1.82, 2.24) is 14.8 Å². The predicted molar refractivity (Wildman–Crippen MR) is 72.4 cm³/mol. The Morgan fingerprint density at radius 3 is 2.33 bits per heavy atom. The van der Waals surface area contributed by atoms with Gasteiger partial charge >= 0.3 is 0 Å². The summed E-state index contributed by atoms with van der Waals surface area (Å²) in [6.45, 7) is 8.18. The van der Waals surface area contributed by atoms with E-state index in [4.69, 9.17) is 5.73 Å². The molecule has 0 aromatic carbocycles. The third-order valence-corrected chi connectivity index (χ3v) is 2.97. The molecule has 0 aliphatic heterocycles. The van der Waals surface area contributed by atoms with Crippen molar-refractivity contribution in [3.8, 4) is 0 Å². The molecule has 18 heavy (non-hydrogen) atoms. The lowest BCUT2D eigenvalue weighted by molar-refractivity contribution is 0.499. The molecule has 0 saturated carbocycles. The van der Waals surface area contributed by atoms with E-state index in [1.807, 2.05) is 36.7 Å². The molecule has 0 amide bonds. The Balaban J connectivity index is 2.41. The number of hydrogen-bond acceptors (Lipinski definition) is 3. The van der Waals surface area contributed by atoms with E-state index in [0.29, 0.717) is 6.04 Å². The molecule has 0 saturated heterocycles. The molecule has 2 aromatic rings. The van der Waals surface area contributed by atoms with Gasteiger partial charge in [0.05, 0.1) is 11.7 Å². The molecule has 4 heteroatoms. The van der Waals surface area contributed by atoms with Gasteiger partial charge in [0, 0.05) is 23.6 Å². The molecule has 2 rings (SSSR count). The van der Waals surface area contributed by atoms with E-state index in [9.17, 15) is 0 Å². The molecule has 2 heterocycles. The number of aromatic nitrogens is 3. The lowest BCUT2D eigenvalue weighted by atomic mass is 10.0. The van der Waals surface area contributed by atoms with Crippen molar-refractivity contribution in [3.63, 3.8) is 0 Å². The van der Waals surface area contributed by atoms with Crippen molar-refractivity contribution in [2.45, 2.75) is 39.8 Å². The maximum atomic E-state index is 6.35. The van der Waals surface area contributed by atoms with Gasteiger partial charge in [-0.2, -0.15) is 5.10 Å². The van der Waals surface area contributed by atoms with E-state index >= 15 is 0 Å². The number of pyridine rings is 1. The second-order valence-electron chi connectivity index (χ2n) is 4.96. The minimum absolute atomic E-state index is 0.157. The van der Waals surface area contributed by atoms with Gasteiger partial charge in [0.25, 0.3) is 0 Å². The molecule has 2 N–H and O–H groups in total. The third-order valence-electron chi connectivity index (χ3n) is 2.97. The van der Waals surface area contributed by atoms with Crippen molar-refractivity contribution < 1.29 is 0 Å². The highest BCUT2D eigenvalue weighted by Crippen LogP contribution is 2.22. The number of nitrogens with zero attached hydrogens (tertiary/aromatic N) is 3. The van der Waals surface area contributed by atoms with E-state index in [1.165, 1.54) is 0 Å². The van der Waals surface area contributed by atoms with Gasteiger partial charge in [-0.3, -0.25) is 9.67 Å². The highest BCUT2D eigenvalue weighted by molar-refractivity contribution is 5.29. The Morgan fingerprint density at radius 2 is 1.78 bits per heavy atom. The van der Waals surface area contributed by atoms with E-state index in [2.05, 4.69) is 23.9 Å². The van der Waals surface area contributed by atoms with E-state index in [-0.39, 0.29) is 6.04 Å². The fourth-order valence-corrected chi connectivity index (χ4v) is 2.22. The smallest absolute Gasteiger partial charge is 0.0724 e. The van der Waals surface area contributed by atoms with Crippen LogP contribution in [0.4, 0.5) is 0 Å². The van der Waals surface area contributed by atoms with Gasteiger partial charge in [-0.25, -0.2) is 0 Å². The van der Waals surface area contributed by atoms with Crippen LogP contribution in [0.25, 0.3) is 0 Å². The predicted octanol–water partition coefficient (Wildman–Crippen LogP) is 2.52. The molecule has 0 spiro atoms. The Morgan fingerprint density at radius 1 is 1.17 bits per heavy atom. The lowest BCUT2D eigenvalue weighted by Gasteiger charge is -2.17. The Kier molecular flexibility index (Phi) is 3.48. The van der Waals surface area contributed by atoms with Crippen molar-refractivity contribution >= 4 is 0 Å². The van der Waals surface area contributed by atoms with Gasteiger partial charge in [-0.15, -0.1) is 0 Å². The average molecular weight is 244 g/mol. The van der Waals surface area contributed by atoms with Crippen LogP contribution >= 0.6 is 0 Å². The van der Waals surface area contributed by atoms with Gasteiger partial charge in [-0.1, -0.05) is 0 Å². The van der Waals surface area contributed by atoms with Crippen LogP contribution in [-0.4, -0.2) is 14.8 Å². The molecule has 1 atom stereocenters. The molecule has 96 valence electrons. The number of aryl methyl sites for hydroxylation is 2. The first kappa shape index (κ1) is 12.8. The van der Waals surface area contributed by atoms with Crippen LogP contribution in [-0.2, 0) is 0 Å². The van der Waals surface area contributed by atoms with Crippen LogP contribution in [0.1, 0.15) is 48.6 Å². The van der Waals surface area contributed by atoms with E-state index in [1.54, 1.807) is 6.20 Å². The summed E-state index contributed by atoms with van der Waals surface area (Å²) in [6, 6.07) is 6.21. The Bertz CT molecular complexity index is 522. The molecule has 1 unspecified atom stereocenters. The van der Waals surface area contributed by atoms with Crippen LogP contribution in [0.5, 0.6) is 0 Å². The maximum Gasteiger partial charge on any atom is 0.0724 e. The Hall–Kier alpha value is -1.68. The quantitative estimate of drug-likeness (QED) is 0.902. The number of rotatable bonds is 3. The highest BCUT2D eigenvalue weighted by atomic mass is 15.3. The summed E-state index contributed by atoms with van der Waals surface area (Å²) >= 11 is 0. The first-order chi connectivity index (χ1) is 8.49. The molecule has 2 aromatic heterocycles. The highest BCUT2D eigenvalue weighted by Gasteiger charge is 2.16. The minimum Gasteiger partial charge on any atom is -0.319 e. The van der Waals surface area contributed by atoms with Crippen LogP contribution in [0, 0.1) is 13.8 Å². The van der Waals surface area contributed by atoms with Crippen molar-refractivity contribution in [3.05, 3.63) is 47.0 Å². The second kappa shape index (κ2) is 4.90. The summed E-state index contributed by atoms with van der Waals surface area (Å²) < 4.78 is 1.97. The number of hydrogen-bond donors (Lipinski definition) is 1. The SMILES string of the molecule is Cc1cc(C(N)c2ccnn2C(C)C)cc(C)n1. The zero-order chi connectivity index (χ0) is 13.3. The summed E-state index contributed by atoms with van der Waals surface area (Å²) in [7, 11) is 0. The monoisotopic (exact) mass is 244 g/mol. The molecular weight excluding hydrogens is 224 g/mol. The summed E-state index contributed by atoms with van der Waals surface area (Å²) in [5, 5.41) is 4.33. The molecule has 0 radical (unpaired) electrons. The fraction of sp³-hybridized carbons (Fsp3) is 0.429. The topological polar surface area (TPSA) is 56.7 Å². The summed E-state index contributed by atoms with van der Waals surface area (Å²) in [5.41, 5.74) is 10.5. The fourth-order valence-electron chi connectivity index (χ4n) is 2.22. The van der Waals surface area contributed by atoms with Crippen molar-refractivity contribution in [1.29, 1.82) is 0 Å². The standard InChI is InChI=1S/C14H20N4/c1-9(2)18-13(5-6-16-18)14(15)12-7-10(3)17-11(4)8-12/h5-9,14H,15H2,1-4H3. The summed E-state index contributed by atoms with van der Waals surface area (Å²) in [5.74, 6) is 0. The first-order valence-electron chi connectivity index (χ1n) is 6.23. The van der Waals surface area contributed by atoms with Crippen LogP contribution in [0.3, 0.4) is 0 Å². The lowest BCUT2D eigenvalue weighted by Crippen LogP contribution is -2.19. The maximum absolute atomic E-state index is 6.35. The van der Waals surface area contributed by atoms with E-state index < -0.39 is 0 Å².